The summed E-state index contributed by atoms with van der Waals surface area (Å²) in [5, 5.41) is 4.54. The van der Waals surface area contributed by atoms with Crippen LogP contribution in [0.25, 0.3) is 0 Å². The molecule has 2 nitrogen and oxygen atoms in total. The van der Waals surface area contributed by atoms with Gasteiger partial charge < -0.3 is 0 Å². The monoisotopic (exact) mass is 310 g/mol. The Balaban J connectivity index is 1.86. The first-order valence-electron chi connectivity index (χ1n) is 6.43. The van der Waals surface area contributed by atoms with Crippen LogP contribution in [0.3, 0.4) is 0 Å². The van der Waals surface area contributed by atoms with Crippen LogP contribution in [0.15, 0.2) is 34.9 Å². The molecule has 0 radical (unpaired) electrons. The van der Waals surface area contributed by atoms with E-state index in [4.69, 9.17) is 0 Å². The van der Waals surface area contributed by atoms with Crippen molar-refractivity contribution in [1.82, 2.24) is 5.01 Å². The maximum absolute atomic E-state index is 13.0. The van der Waals surface area contributed by atoms with E-state index in [9.17, 15) is 4.39 Å². The Morgan fingerprint density at radius 3 is 2.44 bits per heavy atom. The van der Waals surface area contributed by atoms with E-state index < -0.39 is 0 Å². The molecular formula is C14H16BrFN2. The minimum absolute atomic E-state index is 0.189. The van der Waals surface area contributed by atoms with Crippen LogP contribution in [0, 0.1) is 5.82 Å². The lowest BCUT2D eigenvalue weighted by atomic mass is 10.2. The van der Waals surface area contributed by atoms with Gasteiger partial charge in [-0.2, -0.15) is 0 Å². The summed E-state index contributed by atoms with van der Waals surface area (Å²) >= 11 is 3.60. The number of nitrogens with zero attached hydrogens (tertiary/aromatic N) is 2. The van der Waals surface area contributed by atoms with Crippen molar-refractivity contribution >= 4 is 21.6 Å². The lowest BCUT2D eigenvalue weighted by Gasteiger charge is -2.35. The molecule has 0 saturated heterocycles. The second-order valence-electron chi connectivity index (χ2n) is 4.88. The summed E-state index contributed by atoms with van der Waals surface area (Å²) in [6.45, 7) is 0.933. The van der Waals surface area contributed by atoms with Crippen LogP contribution in [0.4, 0.5) is 10.1 Å². The predicted octanol–water partition coefficient (Wildman–Crippen LogP) is 4.04. The molecule has 0 unspecified atom stereocenters. The van der Waals surface area contributed by atoms with E-state index in [0.717, 1.165) is 16.8 Å². The quantitative estimate of drug-likeness (QED) is 0.761. The molecule has 0 atom stereocenters. The van der Waals surface area contributed by atoms with Crippen LogP contribution in [0.2, 0.25) is 0 Å². The average Bonchev–Trinajstić information content (AvgIpc) is 2.99. The standard InChI is InChI=1S/C14H16BrFN2/c15-14-9-10-17(12-3-1-2-4-12)18(14)13-7-5-11(16)6-8-13/h5-9,12H,1-4,10H2. The smallest absolute Gasteiger partial charge is 0.123 e. The number of halogens is 2. The Labute approximate surface area is 115 Å². The first-order chi connectivity index (χ1) is 8.75. The minimum Gasteiger partial charge on any atom is -0.267 e. The van der Waals surface area contributed by atoms with E-state index in [1.54, 1.807) is 0 Å². The third-order valence-corrected chi connectivity index (χ3v) is 4.38. The van der Waals surface area contributed by atoms with Gasteiger partial charge in [0.2, 0.25) is 0 Å². The highest BCUT2D eigenvalue weighted by atomic mass is 79.9. The van der Waals surface area contributed by atoms with Gasteiger partial charge in [0, 0.05) is 12.6 Å². The third kappa shape index (κ3) is 2.19. The van der Waals surface area contributed by atoms with Gasteiger partial charge in [-0.1, -0.05) is 12.8 Å². The molecule has 2 aliphatic rings. The van der Waals surface area contributed by atoms with Crippen LogP contribution in [-0.4, -0.2) is 17.6 Å². The van der Waals surface area contributed by atoms with Gasteiger partial charge >= 0.3 is 0 Å². The molecule has 0 amide bonds. The molecule has 1 saturated carbocycles. The van der Waals surface area contributed by atoms with Crippen molar-refractivity contribution in [2.75, 3.05) is 11.6 Å². The Kier molecular flexibility index (Phi) is 3.39. The van der Waals surface area contributed by atoms with E-state index in [-0.39, 0.29) is 5.82 Å². The highest BCUT2D eigenvalue weighted by Gasteiger charge is 2.31. The molecule has 3 rings (SSSR count). The summed E-state index contributed by atoms with van der Waals surface area (Å²) in [5.41, 5.74) is 1.02. The van der Waals surface area contributed by atoms with Crippen molar-refractivity contribution < 1.29 is 4.39 Å². The van der Waals surface area contributed by atoms with Crippen LogP contribution in [-0.2, 0) is 0 Å². The summed E-state index contributed by atoms with van der Waals surface area (Å²) in [4.78, 5) is 0. The first kappa shape index (κ1) is 12.2. The van der Waals surface area contributed by atoms with Crippen molar-refractivity contribution in [3.8, 4) is 0 Å². The van der Waals surface area contributed by atoms with Gasteiger partial charge in [0.15, 0.2) is 0 Å². The number of hydrogen-bond acceptors (Lipinski definition) is 2. The SMILES string of the molecule is Fc1ccc(N2C(Br)=CCN2C2CCCC2)cc1. The number of benzene rings is 1. The molecule has 1 aromatic carbocycles. The minimum atomic E-state index is -0.189. The van der Waals surface area contributed by atoms with Gasteiger partial charge in [0.05, 0.1) is 10.3 Å². The summed E-state index contributed by atoms with van der Waals surface area (Å²) in [7, 11) is 0. The Hall–Kier alpha value is -0.870. The molecule has 4 heteroatoms. The lowest BCUT2D eigenvalue weighted by Crippen LogP contribution is -2.43. The highest BCUT2D eigenvalue weighted by molar-refractivity contribution is 9.11. The molecule has 1 aliphatic heterocycles. The zero-order chi connectivity index (χ0) is 12.5. The normalized spacial score (nSPS) is 21.7. The van der Waals surface area contributed by atoms with Crippen molar-refractivity contribution in [2.24, 2.45) is 0 Å². The third-order valence-electron chi connectivity index (χ3n) is 3.72. The molecule has 0 spiro atoms. The Morgan fingerprint density at radius 1 is 1.11 bits per heavy atom. The molecule has 96 valence electrons. The second kappa shape index (κ2) is 5.02. The van der Waals surface area contributed by atoms with Crippen molar-refractivity contribution in [3.05, 3.63) is 40.8 Å². The molecule has 18 heavy (non-hydrogen) atoms. The van der Waals surface area contributed by atoms with E-state index in [1.807, 2.05) is 12.1 Å². The molecule has 0 aromatic heterocycles. The van der Waals surface area contributed by atoms with Crippen LogP contribution in [0.1, 0.15) is 25.7 Å². The average molecular weight is 311 g/mol. The van der Waals surface area contributed by atoms with Gasteiger partial charge in [0.25, 0.3) is 0 Å². The molecular weight excluding hydrogens is 295 g/mol. The summed E-state index contributed by atoms with van der Waals surface area (Å²) in [5.74, 6) is -0.189. The van der Waals surface area contributed by atoms with E-state index in [2.05, 4.69) is 32.0 Å². The highest BCUT2D eigenvalue weighted by Crippen LogP contribution is 2.35. The van der Waals surface area contributed by atoms with Crippen molar-refractivity contribution in [1.29, 1.82) is 0 Å². The largest absolute Gasteiger partial charge is 0.267 e. The molecule has 1 heterocycles. The van der Waals surface area contributed by atoms with Crippen molar-refractivity contribution in [2.45, 2.75) is 31.7 Å². The number of anilines is 1. The van der Waals surface area contributed by atoms with Crippen LogP contribution < -0.4 is 5.01 Å². The van der Waals surface area contributed by atoms with Gasteiger partial charge in [-0.05, 0) is 59.1 Å². The van der Waals surface area contributed by atoms with Gasteiger partial charge in [-0.15, -0.1) is 0 Å². The van der Waals surface area contributed by atoms with Crippen molar-refractivity contribution in [3.63, 3.8) is 0 Å². The topological polar surface area (TPSA) is 6.48 Å². The first-order valence-corrected chi connectivity index (χ1v) is 7.23. The fraction of sp³-hybridized carbons (Fsp3) is 0.429. The maximum atomic E-state index is 13.0. The van der Waals surface area contributed by atoms with Gasteiger partial charge in [-0.3, -0.25) is 5.01 Å². The molecule has 0 bridgehead atoms. The lowest BCUT2D eigenvalue weighted by molar-refractivity contribution is 0.233. The van der Waals surface area contributed by atoms with Gasteiger partial charge in [-0.25, -0.2) is 9.40 Å². The predicted molar refractivity (Wildman–Crippen MR) is 74.9 cm³/mol. The summed E-state index contributed by atoms with van der Waals surface area (Å²) < 4.78 is 14.1. The summed E-state index contributed by atoms with van der Waals surface area (Å²) in [6.07, 6.45) is 7.31. The Morgan fingerprint density at radius 2 is 1.78 bits per heavy atom. The number of hydrazine groups is 1. The van der Waals surface area contributed by atoms with Gasteiger partial charge in [0.1, 0.15) is 5.82 Å². The number of rotatable bonds is 2. The van der Waals surface area contributed by atoms with E-state index in [1.165, 1.54) is 37.8 Å². The van der Waals surface area contributed by atoms with Crippen LogP contribution >= 0.6 is 15.9 Å². The fourth-order valence-corrected chi connectivity index (χ4v) is 3.38. The Bertz CT molecular complexity index is 451. The molecule has 1 aromatic rings. The van der Waals surface area contributed by atoms with E-state index in [0.29, 0.717) is 6.04 Å². The van der Waals surface area contributed by atoms with E-state index >= 15 is 0 Å². The maximum Gasteiger partial charge on any atom is 0.123 e. The van der Waals surface area contributed by atoms with Crippen LogP contribution in [0.5, 0.6) is 0 Å². The number of hydrogen-bond donors (Lipinski definition) is 0. The molecule has 0 N–H and O–H groups in total. The molecule has 1 aliphatic carbocycles. The fourth-order valence-electron chi connectivity index (χ4n) is 2.83. The summed E-state index contributed by atoms with van der Waals surface area (Å²) in [6, 6.07) is 7.30. The molecule has 1 fully saturated rings. The second-order valence-corrected chi connectivity index (χ2v) is 5.69. The zero-order valence-electron chi connectivity index (χ0n) is 10.1. The zero-order valence-corrected chi connectivity index (χ0v) is 11.7.